The summed E-state index contributed by atoms with van der Waals surface area (Å²) in [7, 11) is 0. The number of carbonyl (C=O) groups is 2. The van der Waals surface area contributed by atoms with Crippen molar-refractivity contribution in [2.45, 2.75) is 39.7 Å². The van der Waals surface area contributed by atoms with Crippen molar-refractivity contribution in [2.75, 3.05) is 11.9 Å². The van der Waals surface area contributed by atoms with Gasteiger partial charge in [0.05, 0.1) is 17.8 Å². The van der Waals surface area contributed by atoms with Gasteiger partial charge < -0.3 is 15.2 Å². The summed E-state index contributed by atoms with van der Waals surface area (Å²) in [5, 5.41) is 7.81. The van der Waals surface area contributed by atoms with Gasteiger partial charge in [-0.25, -0.2) is 4.98 Å². The summed E-state index contributed by atoms with van der Waals surface area (Å²) in [4.78, 5) is 28.9. The van der Waals surface area contributed by atoms with Crippen LogP contribution in [0.4, 0.5) is 5.13 Å². The molecule has 0 fully saturated rings. The van der Waals surface area contributed by atoms with Gasteiger partial charge in [0.1, 0.15) is 0 Å². The molecule has 3 rings (SSSR count). The average molecular weight is 411 g/mol. The number of rotatable bonds is 6. The smallest absolute Gasteiger partial charge is 0.253 e. The number of hydrogen-bond donors (Lipinski definition) is 2. The Bertz CT molecular complexity index is 996. The van der Waals surface area contributed by atoms with Crippen molar-refractivity contribution in [1.29, 1.82) is 0 Å². The molecule has 2 aromatic heterocycles. The van der Waals surface area contributed by atoms with Gasteiger partial charge in [0.25, 0.3) is 5.91 Å². The molecule has 0 aliphatic carbocycles. The summed E-state index contributed by atoms with van der Waals surface area (Å²) >= 11 is 1.36. The quantitative estimate of drug-likeness (QED) is 0.636. The Balaban J connectivity index is 1.54. The van der Waals surface area contributed by atoms with E-state index in [1.165, 1.54) is 16.9 Å². The third-order valence-electron chi connectivity index (χ3n) is 4.55. The lowest BCUT2D eigenvalue weighted by molar-refractivity contribution is -0.115. The highest BCUT2D eigenvalue weighted by atomic mass is 32.1. The van der Waals surface area contributed by atoms with Gasteiger partial charge in [0, 0.05) is 28.9 Å². The van der Waals surface area contributed by atoms with Crippen LogP contribution in [-0.4, -0.2) is 27.9 Å². The van der Waals surface area contributed by atoms with E-state index in [9.17, 15) is 9.59 Å². The summed E-state index contributed by atoms with van der Waals surface area (Å²) in [5.41, 5.74) is 3.52. The number of amides is 2. The molecular weight excluding hydrogens is 384 g/mol. The minimum atomic E-state index is -0.309. The van der Waals surface area contributed by atoms with E-state index < -0.39 is 0 Å². The predicted octanol–water partition coefficient (Wildman–Crippen LogP) is 4.30. The van der Waals surface area contributed by atoms with E-state index in [0.717, 1.165) is 17.7 Å². The maximum absolute atomic E-state index is 12.3. The number of aryl methyl sites for hydroxylation is 1. The summed E-state index contributed by atoms with van der Waals surface area (Å²) in [6.45, 7) is 8.18. The minimum Gasteiger partial charge on any atom is -0.348 e. The van der Waals surface area contributed by atoms with Gasteiger partial charge in [-0.2, -0.15) is 0 Å². The molecule has 0 saturated carbocycles. The van der Waals surface area contributed by atoms with Gasteiger partial charge in [-0.15, -0.1) is 11.3 Å². The molecule has 0 atom stereocenters. The number of hydrogen-bond acceptors (Lipinski definition) is 4. The molecule has 0 radical (unpaired) electrons. The first-order valence-electron chi connectivity index (χ1n) is 9.57. The second-order valence-electron chi connectivity index (χ2n) is 7.80. The normalized spacial score (nSPS) is 11.3. The van der Waals surface area contributed by atoms with Gasteiger partial charge >= 0.3 is 0 Å². The van der Waals surface area contributed by atoms with Gasteiger partial charge in [-0.3, -0.25) is 9.59 Å². The third kappa shape index (κ3) is 5.32. The fourth-order valence-corrected chi connectivity index (χ4v) is 3.48. The van der Waals surface area contributed by atoms with E-state index in [1.54, 1.807) is 12.3 Å². The number of thiazole rings is 1. The van der Waals surface area contributed by atoms with E-state index in [2.05, 4.69) is 55.4 Å². The maximum atomic E-state index is 12.3. The van der Waals surface area contributed by atoms with Crippen molar-refractivity contribution in [2.24, 2.45) is 0 Å². The summed E-state index contributed by atoms with van der Waals surface area (Å²) < 4.78 is 1.96. The lowest BCUT2D eigenvalue weighted by Gasteiger charge is -2.20. The van der Waals surface area contributed by atoms with Crippen LogP contribution >= 0.6 is 11.3 Å². The Morgan fingerprint density at radius 2 is 1.86 bits per heavy atom. The van der Waals surface area contributed by atoms with Crippen LogP contribution < -0.4 is 10.6 Å². The van der Waals surface area contributed by atoms with Gasteiger partial charge in [-0.05, 0) is 38.8 Å². The van der Waals surface area contributed by atoms with E-state index >= 15 is 0 Å². The highest BCUT2D eigenvalue weighted by Gasteiger charge is 2.16. The second kappa shape index (κ2) is 8.61. The van der Waals surface area contributed by atoms with E-state index in [4.69, 9.17) is 0 Å². The molecule has 152 valence electrons. The second-order valence-corrected chi connectivity index (χ2v) is 8.66. The van der Waals surface area contributed by atoms with Crippen molar-refractivity contribution in [1.82, 2.24) is 14.9 Å². The number of aromatic nitrogens is 2. The van der Waals surface area contributed by atoms with Crippen molar-refractivity contribution in [3.8, 4) is 11.3 Å². The predicted molar refractivity (Wildman–Crippen MR) is 117 cm³/mol. The van der Waals surface area contributed by atoms with Crippen molar-refractivity contribution in [3.63, 3.8) is 0 Å². The topological polar surface area (TPSA) is 76.0 Å². The molecule has 7 heteroatoms. The molecule has 0 aliphatic rings. The van der Waals surface area contributed by atoms with Crippen LogP contribution in [-0.2, 0) is 16.8 Å². The summed E-state index contributed by atoms with van der Waals surface area (Å²) in [5.74, 6) is -0.588. The first-order chi connectivity index (χ1) is 13.8. The van der Waals surface area contributed by atoms with Crippen molar-refractivity contribution < 1.29 is 9.59 Å². The highest BCUT2D eigenvalue weighted by molar-refractivity contribution is 7.14. The zero-order chi connectivity index (χ0) is 21.0. The molecule has 2 amide bonds. The number of benzene rings is 1. The molecule has 0 aliphatic heterocycles. The molecule has 6 nitrogen and oxygen atoms in total. The van der Waals surface area contributed by atoms with Crippen LogP contribution in [0.3, 0.4) is 0 Å². The molecule has 2 heterocycles. The van der Waals surface area contributed by atoms with Crippen molar-refractivity contribution in [3.05, 3.63) is 59.2 Å². The molecule has 0 spiro atoms. The standard InChI is InChI=1S/C22H26N4O2S/c1-5-15-6-8-16(9-7-15)18-14-29-21(24-18)25-19(27)12-23-20(28)17-10-11-26(13-17)22(2,3)4/h6-11,13-14H,5,12H2,1-4H3,(H,23,28)(H,24,25,27). The van der Waals surface area contributed by atoms with E-state index in [0.29, 0.717) is 10.7 Å². The maximum Gasteiger partial charge on any atom is 0.253 e. The number of carbonyl (C=O) groups excluding carboxylic acids is 2. The molecule has 0 saturated heterocycles. The van der Waals surface area contributed by atoms with Crippen molar-refractivity contribution >= 4 is 28.3 Å². The van der Waals surface area contributed by atoms with Crippen LogP contribution in [0.5, 0.6) is 0 Å². The first kappa shape index (κ1) is 20.8. The Labute approximate surface area is 175 Å². The molecule has 29 heavy (non-hydrogen) atoms. The monoisotopic (exact) mass is 410 g/mol. The largest absolute Gasteiger partial charge is 0.348 e. The Morgan fingerprint density at radius 1 is 1.14 bits per heavy atom. The zero-order valence-corrected chi connectivity index (χ0v) is 18.0. The lowest BCUT2D eigenvalue weighted by Crippen LogP contribution is -2.32. The SMILES string of the molecule is CCc1ccc(-c2csc(NC(=O)CNC(=O)c3ccn(C(C)(C)C)c3)n2)cc1. The van der Waals surface area contributed by atoms with Crippen LogP contribution in [0.2, 0.25) is 0 Å². The fraction of sp³-hybridized carbons (Fsp3) is 0.318. The van der Waals surface area contributed by atoms with E-state index in [1.807, 2.05) is 28.3 Å². The molecule has 1 aromatic carbocycles. The highest BCUT2D eigenvalue weighted by Crippen LogP contribution is 2.25. The lowest BCUT2D eigenvalue weighted by atomic mass is 10.1. The number of nitrogens with zero attached hydrogens (tertiary/aromatic N) is 2. The minimum absolute atomic E-state index is 0.102. The Hall–Kier alpha value is -2.93. The molecule has 0 bridgehead atoms. The summed E-state index contributed by atoms with van der Waals surface area (Å²) in [6, 6.07) is 9.97. The molecule has 3 aromatic rings. The molecule has 0 unspecified atom stereocenters. The summed E-state index contributed by atoms with van der Waals surface area (Å²) in [6.07, 6.45) is 4.63. The number of nitrogens with one attached hydrogen (secondary N) is 2. The fourth-order valence-electron chi connectivity index (χ4n) is 2.75. The Kier molecular flexibility index (Phi) is 6.17. The third-order valence-corrected chi connectivity index (χ3v) is 5.31. The van der Waals surface area contributed by atoms with Gasteiger partial charge in [0.2, 0.25) is 5.91 Å². The van der Waals surface area contributed by atoms with Crippen LogP contribution in [0.15, 0.2) is 48.1 Å². The van der Waals surface area contributed by atoms with Gasteiger partial charge in [-0.1, -0.05) is 31.2 Å². The number of anilines is 1. The van der Waals surface area contributed by atoms with Gasteiger partial charge in [0.15, 0.2) is 5.13 Å². The van der Waals surface area contributed by atoms with Crippen LogP contribution in [0.1, 0.15) is 43.6 Å². The van der Waals surface area contributed by atoms with E-state index in [-0.39, 0.29) is 23.9 Å². The first-order valence-corrected chi connectivity index (χ1v) is 10.5. The Morgan fingerprint density at radius 3 is 2.48 bits per heavy atom. The average Bonchev–Trinajstić information content (AvgIpc) is 3.36. The van der Waals surface area contributed by atoms with Crippen LogP contribution in [0, 0.1) is 0 Å². The zero-order valence-electron chi connectivity index (χ0n) is 17.2. The molecular formula is C22H26N4O2S. The van der Waals surface area contributed by atoms with Crippen LogP contribution in [0.25, 0.3) is 11.3 Å². The molecule has 2 N–H and O–H groups in total.